The Morgan fingerprint density at radius 3 is 2.44 bits per heavy atom. The van der Waals surface area contributed by atoms with Gasteiger partial charge in [0.15, 0.2) is 0 Å². The van der Waals surface area contributed by atoms with Crippen molar-refractivity contribution in [2.45, 2.75) is 59.8 Å². The minimum atomic E-state index is -0.403. The van der Waals surface area contributed by atoms with E-state index < -0.39 is 5.97 Å². The molecule has 0 saturated carbocycles. The first-order chi connectivity index (χ1) is 8.45. The Morgan fingerprint density at radius 1 is 1.22 bits per heavy atom. The van der Waals surface area contributed by atoms with Gasteiger partial charge in [0.25, 0.3) is 0 Å². The molecule has 0 spiro atoms. The van der Waals surface area contributed by atoms with Gasteiger partial charge in [0.2, 0.25) is 0 Å². The summed E-state index contributed by atoms with van der Waals surface area (Å²) in [6.07, 6.45) is 5.64. The van der Waals surface area contributed by atoms with Crippen molar-refractivity contribution in [2.24, 2.45) is 5.92 Å². The molecule has 0 aromatic heterocycles. The van der Waals surface area contributed by atoms with E-state index in [9.17, 15) is 9.59 Å². The molecule has 0 amide bonds. The van der Waals surface area contributed by atoms with Crippen LogP contribution in [0.3, 0.4) is 0 Å². The molecule has 0 fully saturated rings. The summed E-state index contributed by atoms with van der Waals surface area (Å²) in [7, 11) is 0. The fourth-order valence-electron chi connectivity index (χ4n) is 1.67. The highest BCUT2D eigenvalue weighted by molar-refractivity contribution is 5.95. The van der Waals surface area contributed by atoms with Crippen LogP contribution in [0.25, 0.3) is 0 Å². The van der Waals surface area contributed by atoms with E-state index >= 15 is 0 Å². The highest BCUT2D eigenvalue weighted by Gasteiger charge is 2.11. The minimum absolute atomic E-state index is 0.0116. The van der Waals surface area contributed by atoms with Gasteiger partial charge >= 0.3 is 5.97 Å². The molecule has 3 nitrogen and oxygen atoms in total. The minimum Gasteiger partial charge on any atom is -0.466 e. The molecule has 0 N–H and O–H groups in total. The molecule has 0 aliphatic heterocycles. The van der Waals surface area contributed by atoms with Gasteiger partial charge in [-0.15, -0.1) is 0 Å². The molecule has 0 bridgehead atoms. The zero-order valence-electron chi connectivity index (χ0n) is 12.1. The average Bonchev–Trinajstić information content (AvgIpc) is 2.26. The van der Waals surface area contributed by atoms with Crippen molar-refractivity contribution in [3.05, 3.63) is 11.6 Å². The second-order valence-electron chi connectivity index (χ2n) is 5.02. The number of allylic oxidation sites excluding steroid dienone is 2. The lowest BCUT2D eigenvalue weighted by Crippen LogP contribution is -2.11. The normalized spacial score (nSPS) is 11.8. The molecule has 0 aromatic rings. The number of Topliss-reactive ketones (excluding diaryl/α,β-unsaturated/α-hetero) is 1. The maximum Gasteiger partial charge on any atom is 0.313 e. The molecule has 3 heteroatoms. The van der Waals surface area contributed by atoms with Gasteiger partial charge in [-0.1, -0.05) is 18.6 Å². The van der Waals surface area contributed by atoms with Crippen LogP contribution in [-0.2, 0) is 14.3 Å². The van der Waals surface area contributed by atoms with Crippen molar-refractivity contribution in [3.8, 4) is 0 Å². The maximum atomic E-state index is 11.5. The molecule has 0 aliphatic rings. The Morgan fingerprint density at radius 2 is 1.89 bits per heavy atom. The standard InChI is InChI=1S/C15H26O3/c1-5-18-15(17)11-14(16)10-9-13(4)8-6-7-12(2)3/h7,13H,5-6,8-11H2,1-4H3/t13-/m1/s1. The third-order valence-corrected chi connectivity index (χ3v) is 2.77. The summed E-state index contributed by atoms with van der Waals surface area (Å²) in [4.78, 5) is 22.6. The topological polar surface area (TPSA) is 43.4 Å². The number of hydrogen-bond acceptors (Lipinski definition) is 3. The molecule has 104 valence electrons. The molecule has 0 unspecified atom stereocenters. The average molecular weight is 254 g/mol. The monoisotopic (exact) mass is 254 g/mol. The maximum absolute atomic E-state index is 11.5. The van der Waals surface area contributed by atoms with Gasteiger partial charge in [0, 0.05) is 6.42 Å². The van der Waals surface area contributed by atoms with Gasteiger partial charge in [0.1, 0.15) is 12.2 Å². The van der Waals surface area contributed by atoms with E-state index in [0.29, 0.717) is 18.9 Å². The van der Waals surface area contributed by atoms with Crippen LogP contribution in [0.1, 0.15) is 59.8 Å². The predicted molar refractivity (Wildman–Crippen MR) is 73.3 cm³/mol. The van der Waals surface area contributed by atoms with Gasteiger partial charge in [-0.2, -0.15) is 0 Å². The van der Waals surface area contributed by atoms with E-state index in [1.165, 1.54) is 5.57 Å². The molecule has 18 heavy (non-hydrogen) atoms. The van der Waals surface area contributed by atoms with Crippen molar-refractivity contribution in [3.63, 3.8) is 0 Å². The highest BCUT2D eigenvalue weighted by atomic mass is 16.5. The van der Waals surface area contributed by atoms with Gasteiger partial charge in [0.05, 0.1) is 6.61 Å². The van der Waals surface area contributed by atoms with Gasteiger partial charge < -0.3 is 4.74 Å². The zero-order chi connectivity index (χ0) is 14.0. The van der Waals surface area contributed by atoms with E-state index in [1.54, 1.807) is 6.92 Å². The smallest absolute Gasteiger partial charge is 0.313 e. The summed E-state index contributed by atoms with van der Waals surface area (Å²) in [5.41, 5.74) is 1.33. The van der Waals surface area contributed by atoms with Crippen molar-refractivity contribution in [2.75, 3.05) is 6.61 Å². The van der Waals surface area contributed by atoms with Crippen LogP contribution in [0.5, 0.6) is 0 Å². The number of hydrogen-bond donors (Lipinski definition) is 0. The predicted octanol–water partition coefficient (Wildman–Crippen LogP) is 3.67. The zero-order valence-corrected chi connectivity index (χ0v) is 12.1. The van der Waals surface area contributed by atoms with Crippen LogP contribution in [-0.4, -0.2) is 18.4 Å². The van der Waals surface area contributed by atoms with Crippen molar-refractivity contribution < 1.29 is 14.3 Å². The van der Waals surface area contributed by atoms with E-state index in [0.717, 1.165) is 19.3 Å². The summed E-state index contributed by atoms with van der Waals surface area (Å²) < 4.78 is 4.74. The first-order valence-electron chi connectivity index (χ1n) is 6.76. The Labute approximate surface area is 111 Å². The molecular weight excluding hydrogens is 228 g/mol. The van der Waals surface area contributed by atoms with Gasteiger partial charge in [-0.05, 0) is 46.0 Å². The number of ketones is 1. The molecule has 0 rings (SSSR count). The number of carbonyl (C=O) groups is 2. The lowest BCUT2D eigenvalue weighted by molar-refractivity contribution is -0.145. The van der Waals surface area contributed by atoms with E-state index in [2.05, 4.69) is 26.8 Å². The van der Waals surface area contributed by atoms with Crippen LogP contribution in [0, 0.1) is 5.92 Å². The van der Waals surface area contributed by atoms with E-state index in [-0.39, 0.29) is 12.2 Å². The Kier molecular flexibility index (Phi) is 9.25. The Bertz CT molecular complexity index is 288. The number of carbonyl (C=O) groups excluding carboxylic acids is 2. The summed E-state index contributed by atoms with van der Waals surface area (Å²) in [6.45, 7) is 8.41. The molecule has 0 aliphatic carbocycles. The first kappa shape index (κ1) is 16.9. The molecule has 0 saturated heterocycles. The highest BCUT2D eigenvalue weighted by Crippen LogP contribution is 2.14. The fraction of sp³-hybridized carbons (Fsp3) is 0.733. The van der Waals surface area contributed by atoms with Crippen molar-refractivity contribution >= 4 is 11.8 Å². The quantitative estimate of drug-likeness (QED) is 0.358. The van der Waals surface area contributed by atoms with Crippen LogP contribution in [0.4, 0.5) is 0 Å². The third-order valence-electron chi connectivity index (χ3n) is 2.77. The van der Waals surface area contributed by atoms with Crippen molar-refractivity contribution in [1.29, 1.82) is 0 Å². The molecule has 1 atom stereocenters. The second kappa shape index (κ2) is 9.86. The molecular formula is C15H26O3. The van der Waals surface area contributed by atoms with Crippen LogP contribution < -0.4 is 0 Å². The van der Waals surface area contributed by atoms with E-state index in [1.807, 2.05) is 0 Å². The summed E-state index contributed by atoms with van der Waals surface area (Å²) in [5.74, 6) is 0.106. The van der Waals surface area contributed by atoms with Gasteiger partial charge in [-0.25, -0.2) is 0 Å². The van der Waals surface area contributed by atoms with Crippen molar-refractivity contribution in [1.82, 2.24) is 0 Å². The summed E-state index contributed by atoms with van der Waals surface area (Å²) in [6, 6.07) is 0. The second-order valence-corrected chi connectivity index (χ2v) is 5.02. The van der Waals surface area contributed by atoms with Crippen LogP contribution in [0.2, 0.25) is 0 Å². The van der Waals surface area contributed by atoms with E-state index in [4.69, 9.17) is 4.74 Å². The third kappa shape index (κ3) is 10.1. The summed E-state index contributed by atoms with van der Waals surface area (Å²) >= 11 is 0. The number of rotatable bonds is 9. The van der Waals surface area contributed by atoms with Gasteiger partial charge in [-0.3, -0.25) is 9.59 Å². The largest absolute Gasteiger partial charge is 0.466 e. The fourth-order valence-corrected chi connectivity index (χ4v) is 1.67. The van der Waals surface area contributed by atoms with Crippen LogP contribution in [0.15, 0.2) is 11.6 Å². The number of ether oxygens (including phenoxy) is 1. The molecule has 0 radical (unpaired) electrons. The number of esters is 1. The first-order valence-corrected chi connectivity index (χ1v) is 6.76. The lowest BCUT2D eigenvalue weighted by atomic mass is 9.97. The molecule has 0 aromatic carbocycles. The van der Waals surface area contributed by atoms with Crippen LogP contribution >= 0.6 is 0 Å². The molecule has 0 heterocycles. The lowest BCUT2D eigenvalue weighted by Gasteiger charge is -2.09. The SMILES string of the molecule is CCOC(=O)CC(=O)CC[C@H](C)CCC=C(C)C. The Balaban J connectivity index is 3.71. The summed E-state index contributed by atoms with van der Waals surface area (Å²) in [5, 5.41) is 0. The Hall–Kier alpha value is -1.12.